The number of aliphatic carboxylic acids is 1. The second-order valence-corrected chi connectivity index (χ2v) is 6.35. The van der Waals surface area contributed by atoms with Crippen molar-refractivity contribution in [2.24, 2.45) is 11.7 Å². The second-order valence-electron chi connectivity index (χ2n) is 6.35. The molecule has 2 aliphatic heterocycles. The number of carbonyl (C=O) groups is 4. The van der Waals surface area contributed by atoms with E-state index in [1.807, 2.05) is 0 Å². The molecule has 10 heteroatoms. The van der Waals surface area contributed by atoms with Crippen LogP contribution in [0.1, 0.15) is 19.3 Å². The lowest BCUT2D eigenvalue weighted by molar-refractivity contribution is -0.142. The molecule has 2 aliphatic rings. The van der Waals surface area contributed by atoms with Crippen molar-refractivity contribution >= 4 is 29.4 Å². The Kier molecular flexibility index (Phi) is 5.15. The van der Waals surface area contributed by atoms with Crippen molar-refractivity contribution in [2.45, 2.75) is 25.3 Å². The molecule has 2 heterocycles. The summed E-state index contributed by atoms with van der Waals surface area (Å²) in [4.78, 5) is 48.3. The predicted octanol–water partition coefficient (Wildman–Crippen LogP) is -0.397. The number of hydrogen-bond donors (Lipinski definition) is 3. The molecule has 2 unspecified atom stereocenters. The summed E-state index contributed by atoms with van der Waals surface area (Å²) in [6, 6.07) is 3.80. The van der Waals surface area contributed by atoms with Crippen molar-refractivity contribution in [3.8, 4) is 11.5 Å². The normalized spacial score (nSPS) is 19.0. The minimum Gasteiger partial charge on any atom is -0.480 e. The summed E-state index contributed by atoms with van der Waals surface area (Å²) in [7, 11) is 0. The van der Waals surface area contributed by atoms with Crippen molar-refractivity contribution in [1.29, 1.82) is 0 Å². The van der Waals surface area contributed by atoms with E-state index in [-0.39, 0.29) is 38.5 Å². The number of hydrogen-bond acceptors (Lipinski definition) is 6. The topological polar surface area (TPSA) is 148 Å². The zero-order valence-corrected chi connectivity index (χ0v) is 14.3. The highest BCUT2D eigenvalue weighted by Crippen LogP contribution is 2.37. The van der Waals surface area contributed by atoms with Crippen molar-refractivity contribution in [3.05, 3.63) is 18.2 Å². The molecule has 1 saturated heterocycles. The molecule has 3 rings (SSSR count). The fraction of sp³-hybridized carbons (Fsp3) is 0.412. The van der Waals surface area contributed by atoms with Gasteiger partial charge in [0.15, 0.2) is 11.5 Å². The number of nitrogens with two attached hydrogens (primary N) is 1. The van der Waals surface area contributed by atoms with E-state index in [0.29, 0.717) is 17.2 Å². The first-order valence-corrected chi connectivity index (χ1v) is 8.36. The molecule has 0 aromatic heterocycles. The quantitative estimate of drug-likeness (QED) is 0.585. The highest BCUT2D eigenvalue weighted by Gasteiger charge is 2.37. The summed E-state index contributed by atoms with van der Waals surface area (Å²) < 4.78 is 10.5. The van der Waals surface area contributed by atoms with Crippen LogP contribution in [0.5, 0.6) is 11.5 Å². The Morgan fingerprint density at radius 1 is 1.30 bits per heavy atom. The fourth-order valence-electron chi connectivity index (χ4n) is 3.02. The molecule has 0 aliphatic carbocycles. The van der Waals surface area contributed by atoms with Crippen LogP contribution in [0.25, 0.3) is 0 Å². The molecule has 1 aromatic carbocycles. The molecule has 0 spiro atoms. The van der Waals surface area contributed by atoms with Gasteiger partial charge in [-0.15, -0.1) is 0 Å². The van der Waals surface area contributed by atoms with Gasteiger partial charge in [-0.2, -0.15) is 0 Å². The molecule has 10 nitrogen and oxygen atoms in total. The van der Waals surface area contributed by atoms with Crippen molar-refractivity contribution in [3.63, 3.8) is 0 Å². The summed E-state index contributed by atoms with van der Waals surface area (Å²) in [5.74, 6) is -2.31. The summed E-state index contributed by atoms with van der Waals surface area (Å²) in [6.45, 7) is 0.228. The van der Waals surface area contributed by atoms with Gasteiger partial charge in [-0.05, 0) is 18.6 Å². The number of nitrogens with one attached hydrogen (secondary N) is 1. The number of anilines is 1. The van der Waals surface area contributed by atoms with Gasteiger partial charge in [0, 0.05) is 31.1 Å². The molecule has 144 valence electrons. The first kappa shape index (κ1) is 18.5. The molecule has 0 bridgehead atoms. The van der Waals surface area contributed by atoms with E-state index in [4.69, 9.17) is 15.2 Å². The number of carbonyl (C=O) groups excluding carboxylic acids is 3. The Labute approximate surface area is 154 Å². The maximum absolute atomic E-state index is 12.4. The molecular weight excluding hydrogens is 358 g/mol. The van der Waals surface area contributed by atoms with Crippen LogP contribution >= 0.6 is 0 Å². The van der Waals surface area contributed by atoms with E-state index in [1.54, 1.807) is 18.2 Å². The van der Waals surface area contributed by atoms with Gasteiger partial charge in [-0.1, -0.05) is 0 Å². The van der Waals surface area contributed by atoms with Crippen LogP contribution in [0.2, 0.25) is 0 Å². The van der Waals surface area contributed by atoms with Crippen LogP contribution < -0.4 is 25.4 Å². The highest BCUT2D eigenvalue weighted by atomic mass is 16.7. The van der Waals surface area contributed by atoms with Gasteiger partial charge < -0.3 is 30.5 Å². The van der Waals surface area contributed by atoms with Crippen molar-refractivity contribution in [1.82, 2.24) is 5.32 Å². The lowest BCUT2D eigenvalue weighted by Gasteiger charge is -2.18. The minimum atomic E-state index is -1.26. The van der Waals surface area contributed by atoms with Gasteiger partial charge in [-0.25, -0.2) is 4.79 Å². The Morgan fingerprint density at radius 3 is 2.74 bits per heavy atom. The first-order chi connectivity index (χ1) is 12.8. The number of rotatable bonds is 7. The van der Waals surface area contributed by atoms with Crippen LogP contribution in [0.4, 0.5) is 5.69 Å². The molecule has 2 atom stereocenters. The van der Waals surface area contributed by atoms with E-state index in [9.17, 15) is 24.3 Å². The first-order valence-electron chi connectivity index (χ1n) is 8.36. The minimum absolute atomic E-state index is 0.0393. The Bertz CT molecular complexity index is 795. The van der Waals surface area contributed by atoms with E-state index in [2.05, 4.69) is 5.32 Å². The molecule has 4 N–H and O–H groups in total. The highest BCUT2D eigenvalue weighted by molar-refractivity contribution is 6.01. The van der Waals surface area contributed by atoms with Gasteiger partial charge in [0.2, 0.25) is 24.5 Å². The lowest BCUT2D eigenvalue weighted by Crippen LogP contribution is -2.44. The predicted molar refractivity (Wildman–Crippen MR) is 91.0 cm³/mol. The average molecular weight is 377 g/mol. The van der Waals surface area contributed by atoms with Crippen molar-refractivity contribution in [2.75, 3.05) is 18.2 Å². The number of primary amides is 1. The van der Waals surface area contributed by atoms with Crippen LogP contribution in [-0.4, -0.2) is 48.2 Å². The molecule has 0 saturated carbocycles. The summed E-state index contributed by atoms with van der Waals surface area (Å²) in [5, 5.41) is 11.6. The SMILES string of the molecule is NC(=O)CCC(NC(=O)C1CC(=O)N(c2ccc3c(c2)OCO3)C1)C(=O)O. The number of benzene rings is 1. The molecule has 1 aromatic rings. The third-order valence-corrected chi connectivity index (χ3v) is 4.46. The number of carboxylic acid groups (broad SMARTS) is 1. The maximum atomic E-state index is 12.4. The third kappa shape index (κ3) is 4.10. The van der Waals surface area contributed by atoms with Crippen LogP contribution in [0, 0.1) is 5.92 Å². The number of ether oxygens (including phenoxy) is 2. The summed E-state index contributed by atoms with van der Waals surface area (Å²) in [5.41, 5.74) is 5.59. The van der Waals surface area contributed by atoms with Gasteiger partial charge in [0.1, 0.15) is 6.04 Å². The van der Waals surface area contributed by atoms with E-state index in [0.717, 1.165) is 0 Å². The Hall–Kier alpha value is -3.30. The lowest BCUT2D eigenvalue weighted by atomic mass is 10.1. The maximum Gasteiger partial charge on any atom is 0.326 e. The van der Waals surface area contributed by atoms with Crippen molar-refractivity contribution < 1.29 is 33.8 Å². The molecule has 0 radical (unpaired) electrons. The molecule has 27 heavy (non-hydrogen) atoms. The zero-order valence-electron chi connectivity index (χ0n) is 14.3. The number of nitrogens with zero attached hydrogens (tertiary/aromatic N) is 1. The average Bonchev–Trinajstić information content (AvgIpc) is 3.23. The number of fused-ring (bicyclic) bond motifs is 1. The van der Waals surface area contributed by atoms with Gasteiger partial charge in [-0.3, -0.25) is 14.4 Å². The van der Waals surface area contributed by atoms with E-state index < -0.39 is 29.7 Å². The number of carboxylic acids is 1. The molecule has 1 fully saturated rings. The van der Waals surface area contributed by atoms with Crippen LogP contribution in [-0.2, 0) is 19.2 Å². The Morgan fingerprint density at radius 2 is 2.04 bits per heavy atom. The van der Waals surface area contributed by atoms with Crippen LogP contribution in [0.15, 0.2) is 18.2 Å². The monoisotopic (exact) mass is 377 g/mol. The van der Waals surface area contributed by atoms with Gasteiger partial charge in [0.05, 0.1) is 5.92 Å². The molecular formula is C17H19N3O7. The second kappa shape index (κ2) is 7.52. The van der Waals surface area contributed by atoms with E-state index in [1.165, 1.54) is 4.90 Å². The molecule has 3 amide bonds. The van der Waals surface area contributed by atoms with Gasteiger partial charge in [0.25, 0.3) is 0 Å². The smallest absolute Gasteiger partial charge is 0.326 e. The standard InChI is InChI=1S/C17H19N3O7/c18-14(21)4-2-11(17(24)25)19-16(23)9-5-15(22)20(7-9)10-1-3-12-13(6-10)27-8-26-12/h1,3,6,9,11H,2,4-5,7-8H2,(H2,18,21)(H,19,23)(H,24,25). The van der Waals surface area contributed by atoms with Gasteiger partial charge >= 0.3 is 5.97 Å². The van der Waals surface area contributed by atoms with Crippen LogP contribution in [0.3, 0.4) is 0 Å². The third-order valence-electron chi connectivity index (χ3n) is 4.46. The zero-order chi connectivity index (χ0) is 19.6. The van der Waals surface area contributed by atoms with E-state index >= 15 is 0 Å². The number of amides is 3. The largest absolute Gasteiger partial charge is 0.480 e. The Balaban J connectivity index is 1.64. The fourth-order valence-corrected chi connectivity index (χ4v) is 3.02. The summed E-state index contributed by atoms with van der Waals surface area (Å²) in [6.07, 6.45) is -0.310. The summed E-state index contributed by atoms with van der Waals surface area (Å²) >= 11 is 0.